The molecule has 0 spiro atoms. The van der Waals surface area contributed by atoms with Gasteiger partial charge in [0.1, 0.15) is 11.6 Å². The predicted octanol–water partition coefficient (Wildman–Crippen LogP) is 5.47. The second-order valence-electron chi connectivity index (χ2n) is 9.65. The summed E-state index contributed by atoms with van der Waals surface area (Å²) in [5, 5.41) is 3.77. The van der Waals surface area contributed by atoms with Crippen molar-refractivity contribution >= 4 is 11.6 Å². The molecule has 2 unspecified atom stereocenters. The first-order valence-corrected chi connectivity index (χ1v) is 12.5. The average Bonchev–Trinajstić information content (AvgIpc) is 3.62. The predicted molar refractivity (Wildman–Crippen MR) is 138 cm³/mol. The van der Waals surface area contributed by atoms with Crippen LogP contribution in [0.1, 0.15) is 66.7 Å². The van der Waals surface area contributed by atoms with Crippen LogP contribution in [0, 0.1) is 6.92 Å². The number of hydrogen-bond donors (Lipinski definition) is 1. The van der Waals surface area contributed by atoms with Crippen LogP contribution in [0.2, 0.25) is 0 Å². The molecule has 0 amide bonds. The van der Waals surface area contributed by atoms with Crippen LogP contribution in [0.5, 0.6) is 0 Å². The van der Waals surface area contributed by atoms with Crippen LogP contribution in [0.15, 0.2) is 36.5 Å². The third kappa shape index (κ3) is 4.27. The van der Waals surface area contributed by atoms with Crippen molar-refractivity contribution in [2.75, 3.05) is 30.9 Å². The van der Waals surface area contributed by atoms with Gasteiger partial charge in [-0.3, -0.25) is 0 Å². The Kier molecular flexibility index (Phi) is 6.26. The summed E-state index contributed by atoms with van der Waals surface area (Å²) in [7, 11) is 4.03. The number of pyridine rings is 1. The van der Waals surface area contributed by atoms with Gasteiger partial charge in [-0.05, 0) is 55.9 Å². The molecule has 2 aliphatic rings. The fourth-order valence-corrected chi connectivity index (χ4v) is 4.96. The molecule has 178 valence electrons. The third-order valence-corrected chi connectivity index (χ3v) is 6.96. The summed E-state index contributed by atoms with van der Waals surface area (Å²) < 4.78 is 6.15. The Bertz CT molecular complexity index is 1190. The number of nitrogens with one attached hydrogen (secondary N) is 1. The van der Waals surface area contributed by atoms with Crippen LogP contribution < -0.4 is 10.2 Å². The number of ether oxygens (including phenoxy) is 1. The van der Waals surface area contributed by atoms with E-state index in [0.717, 1.165) is 47.1 Å². The van der Waals surface area contributed by atoms with Crippen LogP contribution in [-0.2, 0) is 17.6 Å². The van der Waals surface area contributed by atoms with Crippen LogP contribution in [-0.4, -0.2) is 41.8 Å². The number of rotatable bonds is 8. The summed E-state index contributed by atoms with van der Waals surface area (Å²) in [6, 6.07) is 10.9. The number of aromatic nitrogens is 3. The minimum Gasteiger partial charge on any atom is -0.376 e. The molecule has 0 radical (unpaired) electrons. The van der Waals surface area contributed by atoms with Crippen molar-refractivity contribution in [2.24, 2.45) is 0 Å². The highest BCUT2D eigenvalue weighted by Crippen LogP contribution is 2.45. The van der Waals surface area contributed by atoms with Gasteiger partial charge in [0.2, 0.25) is 0 Å². The van der Waals surface area contributed by atoms with Crippen molar-refractivity contribution in [3.8, 4) is 11.3 Å². The molecule has 0 aliphatic heterocycles. The number of benzene rings is 1. The molecule has 0 saturated heterocycles. The fourth-order valence-electron chi connectivity index (χ4n) is 4.96. The topological polar surface area (TPSA) is 63.2 Å². The highest BCUT2D eigenvalue weighted by atomic mass is 16.5. The van der Waals surface area contributed by atoms with Gasteiger partial charge in [-0.1, -0.05) is 31.2 Å². The van der Waals surface area contributed by atoms with E-state index >= 15 is 0 Å². The number of nitrogens with zero attached hydrogens (tertiary/aromatic N) is 4. The largest absolute Gasteiger partial charge is 0.376 e. The number of anilines is 2. The van der Waals surface area contributed by atoms with E-state index in [9.17, 15) is 0 Å². The summed E-state index contributed by atoms with van der Waals surface area (Å²) in [5.41, 5.74) is 8.01. The highest BCUT2D eigenvalue weighted by Gasteiger charge is 2.35. The van der Waals surface area contributed by atoms with E-state index in [2.05, 4.69) is 61.4 Å². The quantitative estimate of drug-likeness (QED) is 0.484. The van der Waals surface area contributed by atoms with E-state index in [0.29, 0.717) is 12.5 Å². The maximum Gasteiger partial charge on any atom is 0.148 e. The number of hydrogen-bond acceptors (Lipinski definition) is 6. The molecule has 3 aromatic rings. The SMILES string of the molecule is CCOC1Cc2ccccc2C1Nc1nc(C2CC2)c(-c2cnc(N(C)C)cc2C)nc1CC. The van der Waals surface area contributed by atoms with E-state index in [1.165, 1.54) is 29.5 Å². The average molecular weight is 458 g/mol. The van der Waals surface area contributed by atoms with Crippen molar-refractivity contribution in [2.45, 2.75) is 64.5 Å². The minimum atomic E-state index is 0.0800. The first-order valence-electron chi connectivity index (χ1n) is 12.5. The highest BCUT2D eigenvalue weighted by molar-refractivity contribution is 5.69. The molecule has 2 atom stereocenters. The molecule has 5 rings (SSSR count). The first kappa shape index (κ1) is 22.8. The van der Waals surface area contributed by atoms with E-state index in [4.69, 9.17) is 14.7 Å². The van der Waals surface area contributed by atoms with Crippen molar-refractivity contribution in [3.05, 3.63) is 64.6 Å². The molecule has 6 nitrogen and oxygen atoms in total. The molecule has 2 aromatic heterocycles. The van der Waals surface area contributed by atoms with Gasteiger partial charge in [0.05, 0.1) is 29.2 Å². The maximum absolute atomic E-state index is 6.15. The van der Waals surface area contributed by atoms with E-state index in [-0.39, 0.29) is 12.1 Å². The Morgan fingerprint density at radius 1 is 1.12 bits per heavy atom. The molecule has 1 aromatic carbocycles. The Balaban J connectivity index is 1.55. The zero-order valence-electron chi connectivity index (χ0n) is 20.9. The van der Waals surface area contributed by atoms with Crippen LogP contribution in [0.3, 0.4) is 0 Å². The number of fused-ring (bicyclic) bond motifs is 1. The molecular weight excluding hydrogens is 422 g/mol. The molecule has 1 N–H and O–H groups in total. The van der Waals surface area contributed by atoms with Gasteiger partial charge in [0, 0.05) is 44.8 Å². The second kappa shape index (κ2) is 9.34. The standard InChI is InChI=1S/C28H35N5O/c1-6-22-28(32-26-20-11-9-8-10-19(20)15-23(26)34-7-2)31-25(18-12-13-18)27(30-22)21-16-29-24(33(4)5)14-17(21)3/h8-11,14,16,18,23,26H,6-7,12-13,15H2,1-5H3,(H,31,32). The zero-order chi connectivity index (χ0) is 23.8. The Hall–Kier alpha value is -2.99. The summed E-state index contributed by atoms with van der Waals surface area (Å²) >= 11 is 0. The lowest BCUT2D eigenvalue weighted by atomic mass is 10.0. The van der Waals surface area contributed by atoms with Crippen LogP contribution in [0.4, 0.5) is 11.6 Å². The van der Waals surface area contributed by atoms with Crippen molar-refractivity contribution < 1.29 is 4.74 Å². The maximum atomic E-state index is 6.15. The van der Waals surface area contributed by atoms with E-state index < -0.39 is 0 Å². The Morgan fingerprint density at radius 2 is 1.91 bits per heavy atom. The van der Waals surface area contributed by atoms with Gasteiger partial charge in [-0.2, -0.15) is 0 Å². The van der Waals surface area contributed by atoms with Gasteiger partial charge >= 0.3 is 0 Å². The molecular formula is C28H35N5O. The molecule has 2 heterocycles. The summed E-state index contributed by atoms with van der Waals surface area (Å²) in [5.74, 6) is 2.33. The normalized spacial score (nSPS) is 19.2. The molecule has 0 bridgehead atoms. The minimum absolute atomic E-state index is 0.0800. The van der Waals surface area contributed by atoms with Gasteiger partial charge in [-0.25, -0.2) is 15.0 Å². The summed E-state index contributed by atoms with van der Waals surface area (Å²) in [4.78, 5) is 17.2. The monoisotopic (exact) mass is 457 g/mol. The van der Waals surface area contributed by atoms with E-state index in [1.54, 1.807) is 0 Å². The third-order valence-electron chi connectivity index (χ3n) is 6.96. The van der Waals surface area contributed by atoms with Gasteiger partial charge in [0.15, 0.2) is 0 Å². The lowest BCUT2D eigenvalue weighted by Gasteiger charge is -2.24. The smallest absolute Gasteiger partial charge is 0.148 e. The van der Waals surface area contributed by atoms with Crippen molar-refractivity contribution in [1.82, 2.24) is 15.0 Å². The van der Waals surface area contributed by atoms with Crippen molar-refractivity contribution in [3.63, 3.8) is 0 Å². The van der Waals surface area contributed by atoms with Gasteiger partial charge in [0.25, 0.3) is 0 Å². The lowest BCUT2D eigenvalue weighted by molar-refractivity contribution is 0.0573. The van der Waals surface area contributed by atoms with Crippen LogP contribution in [0.25, 0.3) is 11.3 Å². The zero-order valence-corrected chi connectivity index (χ0v) is 20.9. The summed E-state index contributed by atoms with van der Waals surface area (Å²) in [6.07, 6.45) is 6.13. The lowest BCUT2D eigenvalue weighted by Crippen LogP contribution is -2.26. The Labute approximate surface area is 202 Å². The molecule has 1 fully saturated rings. The molecule has 6 heteroatoms. The molecule has 34 heavy (non-hydrogen) atoms. The van der Waals surface area contributed by atoms with Crippen LogP contribution >= 0.6 is 0 Å². The summed E-state index contributed by atoms with van der Waals surface area (Å²) in [6.45, 7) is 7.06. The fraction of sp³-hybridized carbons (Fsp3) is 0.464. The van der Waals surface area contributed by atoms with Gasteiger partial charge < -0.3 is 15.0 Å². The van der Waals surface area contributed by atoms with Gasteiger partial charge in [-0.15, -0.1) is 0 Å². The second-order valence-corrected chi connectivity index (χ2v) is 9.65. The number of aryl methyl sites for hydroxylation is 2. The van der Waals surface area contributed by atoms with E-state index in [1.807, 2.05) is 25.2 Å². The van der Waals surface area contributed by atoms with Crippen molar-refractivity contribution in [1.29, 1.82) is 0 Å². The molecule has 2 aliphatic carbocycles. The Morgan fingerprint density at radius 3 is 2.59 bits per heavy atom. The molecule has 1 saturated carbocycles. The first-order chi connectivity index (χ1) is 16.5.